The Hall–Kier alpha value is -1.69. The van der Waals surface area contributed by atoms with E-state index in [1.807, 2.05) is 18.2 Å². The maximum atomic E-state index is 10.8. The van der Waals surface area contributed by atoms with Crippen molar-refractivity contribution in [3.63, 3.8) is 0 Å². The Balaban J connectivity index is 0.00000144. The molecule has 0 aliphatic heterocycles. The molecule has 0 aliphatic carbocycles. The summed E-state index contributed by atoms with van der Waals surface area (Å²) in [6.45, 7) is 0. The van der Waals surface area contributed by atoms with Crippen LogP contribution in [0.2, 0.25) is 0 Å². The van der Waals surface area contributed by atoms with Gasteiger partial charge in [0, 0.05) is 5.56 Å². The molecule has 2 aromatic carbocycles. The van der Waals surface area contributed by atoms with Crippen LogP contribution in [-0.2, 0) is 0 Å². The molecule has 0 N–H and O–H groups in total. The molecule has 17 heavy (non-hydrogen) atoms. The van der Waals surface area contributed by atoms with Crippen LogP contribution in [0.3, 0.4) is 0 Å². The first kappa shape index (κ1) is 13.4. The van der Waals surface area contributed by atoms with Crippen LogP contribution < -0.4 is 28.7 Å². The van der Waals surface area contributed by atoms with Crippen molar-refractivity contribution in [1.29, 1.82) is 0 Å². The zero-order chi connectivity index (χ0) is 11.4. The third-order valence-electron chi connectivity index (χ3n) is 2.08. The summed E-state index contributed by atoms with van der Waals surface area (Å²) in [6, 6.07) is 15.4. The number of hydrogen-bond donors (Lipinski definition) is 0. The average Bonchev–Trinajstić information content (AvgIpc) is 2.31. The number of ether oxygens (including phenoxy) is 1. The Morgan fingerprint density at radius 1 is 0.941 bits per heavy atom. The Bertz CT molecular complexity index is 497. The molecule has 0 fully saturated rings. The maximum absolute atomic E-state index is 10.8. The molecule has 2 aromatic rings. The van der Waals surface area contributed by atoms with Crippen molar-refractivity contribution in [1.82, 2.24) is 0 Å². The largest absolute Gasteiger partial charge is 1.00 e. The van der Waals surface area contributed by atoms with Crippen molar-refractivity contribution >= 4 is 5.97 Å². The third kappa shape index (κ3) is 3.38. The van der Waals surface area contributed by atoms with Gasteiger partial charge in [-0.15, -0.1) is 0 Å². The number of carbonyl (C=O) groups is 1. The zero-order valence-corrected chi connectivity index (χ0v) is 9.42. The first-order valence-corrected chi connectivity index (χ1v) is 4.80. The summed E-state index contributed by atoms with van der Waals surface area (Å²) in [5.74, 6) is -0.364. The number of carboxylic acids is 1. The molecule has 0 atom stereocenters. The van der Waals surface area contributed by atoms with E-state index in [-0.39, 0.29) is 30.2 Å². The van der Waals surface area contributed by atoms with Gasteiger partial charge in [0.1, 0.15) is 11.5 Å². The van der Waals surface area contributed by atoms with E-state index in [4.69, 9.17) is 4.74 Å². The van der Waals surface area contributed by atoms with Gasteiger partial charge in [0.05, 0.1) is 5.97 Å². The first-order chi connectivity index (χ1) is 7.77. The number of rotatable bonds is 3. The van der Waals surface area contributed by atoms with E-state index in [1.165, 1.54) is 6.07 Å². The van der Waals surface area contributed by atoms with Crippen LogP contribution in [0, 0.1) is 0 Å². The quantitative estimate of drug-likeness (QED) is 0.613. The van der Waals surface area contributed by atoms with Gasteiger partial charge >= 0.3 is 18.9 Å². The number of benzene rings is 2. The molecule has 0 saturated carbocycles. The summed E-state index contributed by atoms with van der Waals surface area (Å²) in [5, 5.41) is 10.8. The third-order valence-corrected chi connectivity index (χ3v) is 2.08. The minimum absolute atomic E-state index is 0. The fraction of sp³-hybridized carbons (Fsp3) is 0. The Morgan fingerprint density at radius 3 is 2.18 bits per heavy atom. The van der Waals surface area contributed by atoms with Crippen LogP contribution in [0.5, 0.6) is 11.5 Å². The van der Waals surface area contributed by atoms with Crippen LogP contribution in [0.1, 0.15) is 10.4 Å². The van der Waals surface area contributed by atoms with E-state index < -0.39 is 5.97 Å². The summed E-state index contributed by atoms with van der Waals surface area (Å²) >= 11 is 0. The Kier molecular flexibility index (Phi) is 4.83. The standard InChI is InChI=1S/C13H10O3.Li/c14-13(15)11-8-4-5-9-12(11)16-10-6-2-1-3-7-10;/h1-9H,(H,14,15);/q;+1/p-1. The SMILES string of the molecule is O=C([O-])c1ccccc1Oc1ccccc1.[Li+]. The van der Waals surface area contributed by atoms with Gasteiger partial charge < -0.3 is 14.6 Å². The first-order valence-electron chi connectivity index (χ1n) is 4.80. The van der Waals surface area contributed by atoms with E-state index in [0.717, 1.165) is 0 Å². The number of hydrogen-bond acceptors (Lipinski definition) is 3. The number of carboxylic acid groups (broad SMARTS) is 1. The molecule has 2 rings (SSSR count). The van der Waals surface area contributed by atoms with Crippen LogP contribution >= 0.6 is 0 Å². The van der Waals surface area contributed by atoms with Crippen LogP contribution in [0.15, 0.2) is 54.6 Å². The van der Waals surface area contributed by atoms with Crippen molar-refractivity contribution in [2.75, 3.05) is 0 Å². The molecule has 80 valence electrons. The molecule has 0 unspecified atom stereocenters. The number of aromatic carboxylic acids is 1. The molecule has 0 bridgehead atoms. The molecule has 0 aliphatic rings. The smallest absolute Gasteiger partial charge is 0.545 e. The van der Waals surface area contributed by atoms with Crippen molar-refractivity contribution in [3.05, 3.63) is 60.2 Å². The predicted octanol–water partition coefficient (Wildman–Crippen LogP) is -1.15. The second-order valence-electron chi connectivity index (χ2n) is 3.20. The van der Waals surface area contributed by atoms with E-state index >= 15 is 0 Å². The van der Waals surface area contributed by atoms with Gasteiger partial charge in [-0.05, 0) is 24.3 Å². The van der Waals surface area contributed by atoms with Gasteiger partial charge in [-0.1, -0.05) is 30.3 Å². The molecule has 4 heteroatoms. The maximum Gasteiger partial charge on any atom is 1.00 e. The zero-order valence-electron chi connectivity index (χ0n) is 9.42. The second kappa shape index (κ2) is 6.14. The molecule has 0 aromatic heterocycles. The molecule has 0 heterocycles. The monoisotopic (exact) mass is 220 g/mol. The summed E-state index contributed by atoms with van der Waals surface area (Å²) < 4.78 is 5.45. The van der Waals surface area contributed by atoms with Gasteiger partial charge in [-0.3, -0.25) is 0 Å². The van der Waals surface area contributed by atoms with Gasteiger partial charge in [-0.25, -0.2) is 0 Å². The molecular formula is C13H9LiO3. The van der Waals surface area contributed by atoms with Crippen molar-refractivity contribution in [3.8, 4) is 11.5 Å². The average molecular weight is 220 g/mol. The van der Waals surface area contributed by atoms with Gasteiger partial charge in [-0.2, -0.15) is 0 Å². The minimum Gasteiger partial charge on any atom is -0.545 e. The van der Waals surface area contributed by atoms with Crippen molar-refractivity contribution in [2.45, 2.75) is 0 Å². The number of carbonyl (C=O) groups excluding carboxylic acids is 1. The summed E-state index contributed by atoms with van der Waals surface area (Å²) in [4.78, 5) is 10.8. The van der Waals surface area contributed by atoms with Gasteiger partial charge in [0.25, 0.3) is 0 Å². The summed E-state index contributed by atoms with van der Waals surface area (Å²) in [5.41, 5.74) is 0.0475. The molecular weight excluding hydrogens is 211 g/mol. The van der Waals surface area contributed by atoms with Gasteiger partial charge in [0.15, 0.2) is 0 Å². The molecule has 0 radical (unpaired) electrons. The fourth-order valence-corrected chi connectivity index (χ4v) is 1.34. The van der Waals surface area contributed by atoms with E-state index in [2.05, 4.69) is 0 Å². The predicted molar refractivity (Wildman–Crippen MR) is 57.3 cm³/mol. The van der Waals surface area contributed by atoms with Crippen LogP contribution in [-0.4, -0.2) is 5.97 Å². The minimum atomic E-state index is -1.24. The van der Waals surface area contributed by atoms with Gasteiger partial charge in [0.2, 0.25) is 0 Å². The van der Waals surface area contributed by atoms with Crippen LogP contribution in [0.25, 0.3) is 0 Å². The van der Waals surface area contributed by atoms with E-state index in [1.54, 1.807) is 30.3 Å². The Labute approximate surface area is 111 Å². The Morgan fingerprint density at radius 2 is 1.53 bits per heavy atom. The molecule has 0 saturated heterocycles. The summed E-state index contributed by atoms with van der Waals surface area (Å²) in [7, 11) is 0. The molecule has 0 amide bonds. The van der Waals surface area contributed by atoms with Crippen molar-refractivity contribution < 1.29 is 33.5 Å². The number of para-hydroxylation sites is 2. The fourth-order valence-electron chi connectivity index (χ4n) is 1.34. The second-order valence-corrected chi connectivity index (χ2v) is 3.20. The normalized spacial score (nSPS) is 9.18. The van der Waals surface area contributed by atoms with Crippen molar-refractivity contribution in [2.24, 2.45) is 0 Å². The van der Waals surface area contributed by atoms with E-state index in [0.29, 0.717) is 5.75 Å². The molecule has 3 nitrogen and oxygen atoms in total. The molecule has 0 spiro atoms. The van der Waals surface area contributed by atoms with Crippen LogP contribution in [0.4, 0.5) is 0 Å². The topological polar surface area (TPSA) is 49.4 Å². The summed E-state index contributed by atoms with van der Waals surface area (Å²) in [6.07, 6.45) is 0. The van der Waals surface area contributed by atoms with E-state index in [9.17, 15) is 9.90 Å².